The Morgan fingerprint density at radius 2 is 2.09 bits per heavy atom. The predicted octanol–water partition coefficient (Wildman–Crippen LogP) is 1.99. The van der Waals surface area contributed by atoms with Crippen LogP contribution in [-0.2, 0) is 24.4 Å². The Hall–Kier alpha value is -2.54. The van der Waals surface area contributed by atoms with Crippen LogP contribution in [0.4, 0.5) is 9.18 Å². The summed E-state index contributed by atoms with van der Waals surface area (Å²) in [6, 6.07) is 6.30. The van der Waals surface area contributed by atoms with Crippen LogP contribution in [0.2, 0.25) is 0 Å². The molecule has 1 aliphatic rings. The average Bonchev–Trinajstić information content (AvgIpc) is 3.06. The molecule has 0 aliphatic carbocycles. The molecule has 1 aliphatic heterocycles. The van der Waals surface area contributed by atoms with Crippen LogP contribution in [0.25, 0.3) is 0 Å². The lowest BCUT2D eigenvalue weighted by Gasteiger charge is -2.21. The fourth-order valence-electron chi connectivity index (χ4n) is 2.44. The van der Waals surface area contributed by atoms with Crippen LogP contribution in [0, 0.1) is 5.82 Å². The Morgan fingerprint density at radius 1 is 1.26 bits per heavy atom. The third-order valence-corrected chi connectivity index (χ3v) is 3.51. The second-order valence-electron chi connectivity index (χ2n) is 5.19. The number of urea groups is 1. The van der Waals surface area contributed by atoms with Gasteiger partial charge in [0.15, 0.2) is 6.79 Å². The summed E-state index contributed by atoms with van der Waals surface area (Å²) in [7, 11) is 0. The number of carbonyl (C=O) groups is 1. The first kappa shape index (κ1) is 15.4. The molecule has 0 bridgehead atoms. The second kappa shape index (κ2) is 7.15. The molecule has 0 radical (unpaired) electrons. The van der Waals surface area contributed by atoms with Gasteiger partial charge in [-0.3, -0.25) is 0 Å². The highest BCUT2D eigenvalue weighted by Crippen LogP contribution is 2.29. The van der Waals surface area contributed by atoms with E-state index in [0.29, 0.717) is 36.6 Å². The number of amides is 2. The van der Waals surface area contributed by atoms with Crippen molar-refractivity contribution in [3.8, 4) is 5.75 Å². The zero-order valence-electron chi connectivity index (χ0n) is 12.5. The highest BCUT2D eigenvalue weighted by Gasteiger charge is 2.17. The molecule has 3 rings (SSSR count). The van der Waals surface area contributed by atoms with Crippen LogP contribution < -0.4 is 15.4 Å². The van der Waals surface area contributed by atoms with E-state index in [1.807, 2.05) is 29.1 Å². The van der Waals surface area contributed by atoms with E-state index in [0.717, 1.165) is 0 Å². The molecule has 0 saturated carbocycles. The topological polar surface area (TPSA) is 64.5 Å². The predicted molar refractivity (Wildman–Crippen MR) is 81.4 cm³/mol. The van der Waals surface area contributed by atoms with Gasteiger partial charge in [0.1, 0.15) is 11.6 Å². The van der Waals surface area contributed by atoms with Gasteiger partial charge in [-0.15, -0.1) is 0 Å². The maximum Gasteiger partial charge on any atom is 0.315 e. The smallest absolute Gasteiger partial charge is 0.315 e. The molecule has 7 heteroatoms. The van der Waals surface area contributed by atoms with Gasteiger partial charge in [0.25, 0.3) is 0 Å². The Bertz CT molecular complexity index is 673. The lowest BCUT2D eigenvalue weighted by Crippen LogP contribution is -2.36. The van der Waals surface area contributed by atoms with Gasteiger partial charge in [-0.1, -0.05) is 0 Å². The molecule has 2 aromatic rings. The largest absolute Gasteiger partial charge is 0.467 e. The second-order valence-corrected chi connectivity index (χ2v) is 5.19. The van der Waals surface area contributed by atoms with E-state index in [-0.39, 0.29) is 25.2 Å². The minimum absolute atomic E-state index is 0.134. The zero-order valence-corrected chi connectivity index (χ0v) is 12.5. The molecule has 122 valence electrons. The highest BCUT2D eigenvalue weighted by molar-refractivity contribution is 5.73. The van der Waals surface area contributed by atoms with E-state index in [2.05, 4.69) is 10.6 Å². The minimum Gasteiger partial charge on any atom is -0.467 e. The van der Waals surface area contributed by atoms with Crippen LogP contribution in [-0.4, -0.2) is 23.9 Å². The van der Waals surface area contributed by atoms with E-state index in [9.17, 15) is 9.18 Å². The number of halogens is 1. The van der Waals surface area contributed by atoms with Crippen LogP contribution in [0.1, 0.15) is 11.1 Å². The normalized spacial score (nSPS) is 13.1. The van der Waals surface area contributed by atoms with E-state index < -0.39 is 0 Å². The van der Waals surface area contributed by atoms with Gasteiger partial charge in [-0.25, -0.2) is 9.18 Å². The summed E-state index contributed by atoms with van der Waals surface area (Å²) in [5.74, 6) is 0.216. The SMILES string of the molecule is O=C(NCCn1cccc1)NCc1cc(F)cc2c1OCOC2. The molecular weight excluding hydrogens is 301 g/mol. The van der Waals surface area contributed by atoms with E-state index in [1.54, 1.807) is 0 Å². The van der Waals surface area contributed by atoms with Gasteiger partial charge in [-0.2, -0.15) is 0 Å². The van der Waals surface area contributed by atoms with E-state index in [4.69, 9.17) is 9.47 Å². The summed E-state index contributed by atoms with van der Waals surface area (Å²) >= 11 is 0. The number of fused-ring (bicyclic) bond motifs is 1. The lowest BCUT2D eigenvalue weighted by atomic mass is 10.1. The molecule has 2 amide bonds. The molecule has 1 aromatic heterocycles. The molecule has 1 aromatic carbocycles. The Labute approximate surface area is 133 Å². The first-order chi connectivity index (χ1) is 11.2. The van der Waals surface area contributed by atoms with Gasteiger partial charge >= 0.3 is 6.03 Å². The number of nitrogens with zero attached hydrogens (tertiary/aromatic N) is 1. The third kappa shape index (κ3) is 4.01. The van der Waals surface area contributed by atoms with Crippen LogP contribution in [0.15, 0.2) is 36.7 Å². The first-order valence-corrected chi connectivity index (χ1v) is 7.36. The van der Waals surface area contributed by atoms with Gasteiger partial charge < -0.3 is 24.7 Å². The summed E-state index contributed by atoms with van der Waals surface area (Å²) in [6.45, 7) is 1.83. The standard InChI is InChI=1S/C16H18FN3O3/c17-14-7-12(15-13(8-14)10-22-11-23-15)9-19-16(21)18-3-6-20-4-1-2-5-20/h1-2,4-5,7-8H,3,6,9-11H2,(H2,18,19,21). The van der Waals surface area contributed by atoms with Crippen LogP contribution in [0.3, 0.4) is 0 Å². The monoisotopic (exact) mass is 319 g/mol. The van der Waals surface area contributed by atoms with E-state index >= 15 is 0 Å². The molecule has 0 spiro atoms. The third-order valence-electron chi connectivity index (χ3n) is 3.51. The molecule has 0 saturated heterocycles. The molecule has 6 nitrogen and oxygen atoms in total. The number of hydrogen-bond acceptors (Lipinski definition) is 3. The van der Waals surface area contributed by atoms with Crippen molar-refractivity contribution in [3.05, 3.63) is 53.6 Å². The number of carbonyl (C=O) groups excluding carboxylic acids is 1. The van der Waals surface area contributed by atoms with E-state index in [1.165, 1.54) is 12.1 Å². The summed E-state index contributed by atoms with van der Waals surface area (Å²) in [5.41, 5.74) is 1.25. The quantitative estimate of drug-likeness (QED) is 0.886. The Balaban J connectivity index is 1.51. The van der Waals surface area contributed by atoms with Crippen LogP contribution in [0.5, 0.6) is 5.75 Å². The first-order valence-electron chi connectivity index (χ1n) is 7.36. The number of aromatic nitrogens is 1. The van der Waals surface area contributed by atoms with Crippen molar-refractivity contribution in [3.63, 3.8) is 0 Å². The maximum absolute atomic E-state index is 13.6. The number of ether oxygens (including phenoxy) is 2. The van der Waals surface area contributed by atoms with Gasteiger partial charge in [0.05, 0.1) is 6.61 Å². The molecule has 0 fully saturated rings. The molecule has 2 heterocycles. The van der Waals surface area contributed by atoms with Gasteiger partial charge in [0.2, 0.25) is 0 Å². The highest BCUT2D eigenvalue weighted by atomic mass is 19.1. The van der Waals surface area contributed by atoms with Crippen molar-refractivity contribution in [2.24, 2.45) is 0 Å². The van der Waals surface area contributed by atoms with Crippen molar-refractivity contribution in [2.75, 3.05) is 13.3 Å². The number of benzene rings is 1. The van der Waals surface area contributed by atoms with Gasteiger partial charge in [0, 0.05) is 43.2 Å². The average molecular weight is 319 g/mol. The lowest BCUT2D eigenvalue weighted by molar-refractivity contribution is -0.0173. The van der Waals surface area contributed by atoms with Crippen LogP contribution >= 0.6 is 0 Å². The fourth-order valence-corrected chi connectivity index (χ4v) is 2.44. The molecule has 2 N–H and O–H groups in total. The summed E-state index contributed by atoms with van der Waals surface area (Å²) in [5, 5.41) is 5.47. The molecular formula is C16H18FN3O3. The Morgan fingerprint density at radius 3 is 2.91 bits per heavy atom. The zero-order chi connectivity index (χ0) is 16.1. The number of rotatable bonds is 5. The summed E-state index contributed by atoms with van der Waals surface area (Å²) in [4.78, 5) is 11.8. The van der Waals surface area contributed by atoms with Crippen molar-refractivity contribution >= 4 is 6.03 Å². The summed E-state index contributed by atoms with van der Waals surface area (Å²) in [6.07, 6.45) is 3.86. The molecule has 0 atom stereocenters. The fraction of sp³-hybridized carbons (Fsp3) is 0.312. The molecule has 0 unspecified atom stereocenters. The Kier molecular flexibility index (Phi) is 4.77. The maximum atomic E-state index is 13.6. The van der Waals surface area contributed by atoms with Crippen molar-refractivity contribution in [2.45, 2.75) is 19.7 Å². The minimum atomic E-state index is -0.373. The van der Waals surface area contributed by atoms with Crippen molar-refractivity contribution < 1.29 is 18.7 Å². The van der Waals surface area contributed by atoms with Crippen molar-refractivity contribution in [1.29, 1.82) is 0 Å². The van der Waals surface area contributed by atoms with Crippen molar-refractivity contribution in [1.82, 2.24) is 15.2 Å². The van der Waals surface area contributed by atoms with Gasteiger partial charge in [-0.05, 0) is 24.3 Å². The number of hydrogen-bond donors (Lipinski definition) is 2. The summed E-state index contributed by atoms with van der Waals surface area (Å²) < 4.78 is 26.1. The number of nitrogens with one attached hydrogen (secondary N) is 2. The molecule has 23 heavy (non-hydrogen) atoms.